The highest BCUT2D eigenvalue weighted by Gasteiger charge is 2.50. The molecule has 1 saturated heterocycles. The smallest absolute Gasteiger partial charge is 0.247 e. The molecule has 0 unspecified atom stereocenters. The lowest BCUT2D eigenvalue weighted by Gasteiger charge is -2.52. The van der Waals surface area contributed by atoms with E-state index in [1.807, 2.05) is 29.2 Å². The number of carbonyl (C=O) groups excluding carboxylic acids is 1. The number of piperidine rings is 1. The molecule has 3 atom stereocenters. The largest absolute Gasteiger partial charge is 0.497 e. The van der Waals surface area contributed by atoms with Crippen LogP contribution in [0.25, 0.3) is 6.08 Å². The minimum atomic E-state index is -0.749. The van der Waals surface area contributed by atoms with Gasteiger partial charge in [0.1, 0.15) is 11.5 Å². The van der Waals surface area contributed by atoms with Crippen LogP contribution in [0.2, 0.25) is 0 Å². The van der Waals surface area contributed by atoms with Crippen LogP contribution in [0.5, 0.6) is 11.5 Å². The average molecular weight is 464 g/mol. The molecule has 0 spiro atoms. The molecule has 2 fully saturated rings. The van der Waals surface area contributed by atoms with Crippen molar-refractivity contribution in [3.63, 3.8) is 0 Å². The topological polar surface area (TPSA) is 59.0 Å². The van der Waals surface area contributed by atoms with Crippen molar-refractivity contribution in [1.29, 1.82) is 0 Å². The van der Waals surface area contributed by atoms with Gasteiger partial charge in [0.25, 0.3) is 0 Å². The molecule has 0 bridgehead atoms. The van der Waals surface area contributed by atoms with Gasteiger partial charge in [-0.3, -0.25) is 4.79 Å². The van der Waals surface area contributed by atoms with E-state index < -0.39 is 5.60 Å². The summed E-state index contributed by atoms with van der Waals surface area (Å²) in [6.45, 7) is 4.86. The second-order valence-electron chi connectivity index (χ2n) is 9.94. The Labute approximate surface area is 203 Å². The van der Waals surface area contributed by atoms with E-state index in [1.54, 1.807) is 20.3 Å². The molecule has 0 aromatic heterocycles. The van der Waals surface area contributed by atoms with E-state index in [0.717, 1.165) is 36.8 Å². The lowest BCUT2D eigenvalue weighted by molar-refractivity contribution is -0.151. The van der Waals surface area contributed by atoms with Crippen molar-refractivity contribution in [2.24, 2.45) is 5.92 Å². The van der Waals surface area contributed by atoms with E-state index >= 15 is 0 Å². The van der Waals surface area contributed by atoms with Crippen LogP contribution in [-0.2, 0) is 4.79 Å². The zero-order valence-corrected chi connectivity index (χ0v) is 20.8. The highest BCUT2D eigenvalue weighted by Crippen LogP contribution is 2.51. The molecule has 1 N–H and O–H groups in total. The molecule has 182 valence electrons. The van der Waals surface area contributed by atoms with Crippen LogP contribution >= 0.6 is 0 Å². The van der Waals surface area contributed by atoms with Gasteiger partial charge in [-0.25, -0.2) is 0 Å². The molecule has 2 aromatic rings. The summed E-state index contributed by atoms with van der Waals surface area (Å²) >= 11 is 0. The third-order valence-electron chi connectivity index (χ3n) is 7.63. The first-order valence-corrected chi connectivity index (χ1v) is 12.4. The van der Waals surface area contributed by atoms with E-state index in [0.29, 0.717) is 30.4 Å². The fraction of sp³-hybridized carbons (Fsp3) is 0.483. The lowest BCUT2D eigenvalue weighted by Crippen LogP contribution is -2.56. The molecule has 4 rings (SSSR count). The van der Waals surface area contributed by atoms with Crippen LogP contribution < -0.4 is 9.47 Å². The van der Waals surface area contributed by atoms with Crippen LogP contribution in [0.1, 0.15) is 74.6 Å². The van der Waals surface area contributed by atoms with Gasteiger partial charge < -0.3 is 19.5 Å². The number of nitrogens with zero attached hydrogens (tertiary/aromatic N) is 1. The highest BCUT2D eigenvalue weighted by atomic mass is 16.5. The number of amides is 1. The first-order chi connectivity index (χ1) is 16.4. The van der Waals surface area contributed by atoms with Crippen molar-refractivity contribution in [3.05, 3.63) is 65.2 Å². The minimum absolute atomic E-state index is 0.0278. The molecule has 5 heteroatoms. The zero-order chi connectivity index (χ0) is 24.3. The Balaban J connectivity index is 1.66. The van der Waals surface area contributed by atoms with E-state index in [2.05, 4.69) is 38.1 Å². The van der Waals surface area contributed by atoms with Gasteiger partial charge in [0.15, 0.2) is 0 Å². The van der Waals surface area contributed by atoms with Gasteiger partial charge in [0.2, 0.25) is 5.91 Å². The molecule has 2 aliphatic rings. The summed E-state index contributed by atoms with van der Waals surface area (Å²) in [5.41, 5.74) is 2.46. The number of methoxy groups -OCH3 is 2. The van der Waals surface area contributed by atoms with Crippen LogP contribution in [0.4, 0.5) is 0 Å². The number of fused-ring (bicyclic) bond motifs is 1. The Bertz CT molecular complexity index is 1030. The van der Waals surface area contributed by atoms with Crippen LogP contribution in [0.15, 0.2) is 48.5 Å². The molecular formula is C29H37NO4. The summed E-state index contributed by atoms with van der Waals surface area (Å²) in [4.78, 5) is 15.4. The zero-order valence-electron chi connectivity index (χ0n) is 20.8. The van der Waals surface area contributed by atoms with E-state index in [4.69, 9.17) is 9.47 Å². The Hall–Kier alpha value is -2.79. The van der Waals surface area contributed by atoms with Gasteiger partial charge in [-0.2, -0.15) is 0 Å². The normalized spacial score (nSPS) is 24.8. The SMILES string of the molecule is COc1ccc([C@H]2[C@H]3CCCC[C@@]3(O)CCN2C(=O)/C=C/c2ccc(C(C)C)cc2)c(OC)c1. The molecule has 0 radical (unpaired) electrons. The predicted octanol–water partition coefficient (Wildman–Crippen LogP) is 5.74. The maximum Gasteiger partial charge on any atom is 0.247 e. The van der Waals surface area contributed by atoms with Gasteiger partial charge in [-0.05, 0) is 54.5 Å². The van der Waals surface area contributed by atoms with Gasteiger partial charge in [0, 0.05) is 30.2 Å². The van der Waals surface area contributed by atoms with E-state index in [1.165, 1.54) is 5.56 Å². The van der Waals surface area contributed by atoms with E-state index in [9.17, 15) is 9.90 Å². The van der Waals surface area contributed by atoms with E-state index in [-0.39, 0.29) is 17.9 Å². The minimum Gasteiger partial charge on any atom is -0.497 e. The monoisotopic (exact) mass is 463 g/mol. The maximum atomic E-state index is 13.5. The standard InChI is InChI=1S/C29H37NO4/c1-20(2)22-11-8-21(9-12-22)10-15-27(31)30-18-17-29(32)16-6-5-7-25(29)28(30)24-14-13-23(33-3)19-26(24)34-4/h8-15,19-20,25,28,32H,5-7,16-18H2,1-4H3/b15-10+/t25-,28+,29-/m1/s1. The first-order valence-electron chi connectivity index (χ1n) is 12.4. The molecule has 1 aliphatic heterocycles. The molecular weight excluding hydrogens is 426 g/mol. The van der Waals surface area contributed by atoms with Gasteiger partial charge >= 0.3 is 0 Å². The number of carbonyl (C=O) groups is 1. The van der Waals surface area contributed by atoms with Crippen molar-refractivity contribution in [2.45, 2.75) is 63.5 Å². The lowest BCUT2D eigenvalue weighted by atomic mass is 9.66. The average Bonchev–Trinajstić information content (AvgIpc) is 2.86. The summed E-state index contributed by atoms with van der Waals surface area (Å²) in [6, 6.07) is 13.8. The maximum absolute atomic E-state index is 13.5. The summed E-state index contributed by atoms with van der Waals surface area (Å²) < 4.78 is 11.1. The Morgan fingerprint density at radius 2 is 1.85 bits per heavy atom. The molecule has 1 heterocycles. The molecule has 1 aliphatic carbocycles. The second kappa shape index (κ2) is 10.2. The second-order valence-corrected chi connectivity index (χ2v) is 9.94. The Morgan fingerprint density at radius 1 is 1.09 bits per heavy atom. The quantitative estimate of drug-likeness (QED) is 0.556. The molecule has 1 saturated carbocycles. The third kappa shape index (κ3) is 4.85. The first kappa shape index (κ1) is 24.3. The van der Waals surface area contributed by atoms with Crippen molar-refractivity contribution in [2.75, 3.05) is 20.8 Å². The summed E-state index contributed by atoms with van der Waals surface area (Å²) in [6.07, 6.45) is 7.92. The van der Waals surface area contributed by atoms with Crippen molar-refractivity contribution >= 4 is 12.0 Å². The van der Waals surface area contributed by atoms with Gasteiger partial charge in [0.05, 0.1) is 25.9 Å². The predicted molar refractivity (Wildman–Crippen MR) is 135 cm³/mol. The number of benzene rings is 2. The fourth-order valence-electron chi connectivity index (χ4n) is 5.63. The Morgan fingerprint density at radius 3 is 2.53 bits per heavy atom. The van der Waals surface area contributed by atoms with Crippen LogP contribution in [-0.4, -0.2) is 42.3 Å². The van der Waals surface area contributed by atoms with Crippen molar-refractivity contribution < 1.29 is 19.4 Å². The van der Waals surface area contributed by atoms with Gasteiger partial charge in [-0.1, -0.05) is 51.0 Å². The van der Waals surface area contributed by atoms with Crippen LogP contribution in [0.3, 0.4) is 0 Å². The molecule has 1 amide bonds. The van der Waals surface area contributed by atoms with Gasteiger partial charge in [-0.15, -0.1) is 0 Å². The number of ether oxygens (including phenoxy) is 2. The highest BCUT2D eigenvalue weighted by molar-refractivity contribution is 5.92. The molecule has 5 nitrogen and oxygen atoms in total. The summed E-state index contributed by atoms with van der Waals surface area (Å²) in [7, 11) is 3.27. The number of aliphatic hydroxyl groups is 1. The summed E-state index contributed by atoms with van der Waals surface area (Å²) in [5, 5.41) is 11.5. The van der Waals surface area contributed by atoms with Crippen molar-refractivity contribution in [1.82, 2.24) is 4.90 Å². The summed E-state index contributed by atoms with van der Waals surface area (Å²) in [5.74, 6) is 1.80. The number of hydrogen-bond acceptors (Lipinski definition) is 4. The number of rotatable bonds is 6. The number of hydrogen-bond donors (Lipinski definition) is 1. The van der Waals surface area contributed by atoms with Crippen molar-refractivity contribution in [3.8, 4) is 11.5 Å². The number of likely N-dealkylation sites (tertiary alicyclic amines) is 1. The van der Waals surface area contributed by atoms with Crippen LogP contribution in [0, 0.1) is 5.92 Å². The Kier molecular flexibility index (Phi) is 7.32. The fourth-order valence-corrected chi connectivity index (χ4v) is 5.63. The molecule has 34 heavy (non-hydrogen) atoms. The third-order valence-corrected chi connectivity index (χ3v) is 7.63. The molecule has 2 aromatic carbocycles.